The summed E-state index contributed by atoms with van der Waals surface area (Å²) in [5.74, 6) is -0.792. The highest BCUT2D eigenvalue weighted by Gasteiger charge is 2.16. The van der Waals surface area contributed by atoms with E-state index in [1.165, 1.54) is 6.07 Å². The molecule has 1 aromatic carbocycles. The van der Waals surface area contributed by atoms with Gasteiger partial charge in [0.15, 0.2) is 0 Å². The number of rotatable bonds is 6. The molecule has 1 atom stereocenters. The van der Waals surface area contributed by atoms with Gasteiger partial charge in [0.1, 0.15) is 11.6 Å². The van der Waals surface area contributed by atoms with E-state index in [9.17, 15) is 13.9 Å². The maximum atomic E-state index is 13.7. The molecule has 124 valence electrons. The van der Waals surface area contributed by atoms with Crippen LogP contribution in [0.15, 0.2) is 30.6 Å². The normalized spacial score (nSPS) is 12.5. The van der Waals surface area contributed by atoms with Gasteiger partial charge in [0.2, 0.25) is 5.95 Å². The van der Waals surface area contributed by atoms with Crippen LogP contribution in [0.3, 0.4) is 0 Å². The fourth-order valence-corrected chi connectivity index (χ4v) is 2.20. The quantitative estimate of drug-likeness (QED) is 0.881. The Labute approximate surface area is 134 Å². The van der Waals surface area contributed by atoms with E-state index < -0.39 is 17.7 Å². The van der Waals surface area contributed by atoms with Gasteiger partial charge in [-0.3, -0.25) is 4.90 Å². The lowest BCUT2D eigenvalue weighted by atomic mass is 10.1. The van der Waals surface area contributed by atoms with Gasteiger partial charge < -0.3 is 10.0 Å². The van der Waals surface area contributed by atoms with Gasteiger partial charge in [-0.25, -0.2) is 18.7 Å². The summed E-state index contributed by atoms with van der Waals surface area (Å²) in [4.78, 5) is 12.1. The molecule has 1 aromatic heterocycles. The van der Waals surface area contributed by atoms with E-state index in [0.29, 0.717) is 12.5 Å². The Morgan fingerprint density at radius 3 is 2.35 bits per heavy atom. The minimum absolute atomic E-state index is 0.0810. The van der Waals surface area contributed by atoms with Crippen LogP contribution in [0, 0.1) is 11.6 Å². The topological polar surface area (TPSA) is 52.5 Å². The van der Waals surface area contributed by atoms with E-state index in [0.717, 1.165) is 17.7 Å². The smallest absolute Gasteiger partial charge is 0.224 e. The highest BCUT2D eigenvalue weighted by atomic mass is 19.1. The van der Waals surface area contributed by atoms with Crippen molar-refractivity contribution in [1.29, 1.82) is 0 Å². The number of aliphatic hydroxyl groups is 1. The number of hydrogen-bond acceptors (Lipinski definition) is 5. The first-order chi connectivity index (χ1) is 10.9. The predicted molar refractivity (Wildman–Crippen MR) is 84.0 cm³/mol. The fourth-order valence-electron chi connectivity index (χ4n) is 2.20. The highest BCUT2D eigenvalue weighted by molar-refractivity contribution is 5.26. The van der Waals surface area contributed by atoms with Gasteiger partial charge in [0, 0.05) is 56.8 Å². The summed E-state index contributed by atoms with van der Waals surface area (Å²) >= 11 is 0. The van der Waals surface area contributed by atoms with Crippen molar-refractivity contribution in [2.24, 2.45) is 0 Å². The molecular formula is C16H20F2N4O. The minimum atomic E-state index is -1.04. The molecule has 2 aromatic rings. The standard InChI is InChI=1S/C16H20F2N4O/c1-21(2)16-19-7-11(8-20-16)9-22(3)10-15(23)13-5-4-12(17)6-14(13)18/h4-8,15,23H,9-10H2,1-3H3. The molecule has 0 radical (unpaired) electrons. The molecule has 1 unspecified atom stereocenters. The second-order valence-corrected chi connectivity index (χ2v) is 5.66. The van der Waals surface area contributed by atoms with Crippen molar-refractivity contribution in [3.8, 4) is 0 Å². The first-order valence-electron chi connectivity index (χ1n) is 7.16. The Morgan fingerprint density at radius 1 is 1.13 bits per heavy atom. The molecule has 0 saturated carbocycles. The molecule has 0 saturated heterocycles. The second-order valence-electron chi connectivity index (χ2n) is 5.66. The van der Waals surface area contributed by atoms with Crippen molar-refractivity contribution in [2.45, 2.75) is 12.6 Å². The Hall–Kier alpha value is -2.12. The largest absolute Gasteiger partial charge is 0.387 e. The van der Waals surface area contributed by atoms with Crippen LogP contribution in [-0.4, -0.2) is 47.7 Å². The number of halogens is 2. The molecule has 0 aliphatic heterocycles. The van der Waals surface area contributed by atoms with E-state index in [2.05, 4.69) is 9.97 Å². The number of hydrogen-bond donors (Lipinski definition) is 1. The lowest BCUT2D eigenvalue weighted by Crippen LogP contribution is -2.25. The summed E-state index contributed by atoms with van der Waals surface area (Å²) in [6.07, 6.45) is 2.38. The summed E-state index contributed by atoms with van der Waals surface area (Å²) in [5, 5.41) is 10.1. The molecule has 1 heterocycles. The zero-order valence-corrected chi connectivity index (χ0v) is 13.4. The van der Waals surface area contributed by atoms with Crippen LogP contribution in [0.1, 0.15) is 17.2 Å². The summed E-state index contributed by atoms with van der Waals surface area (Å²) in [6, 6.07) is 3.17. The van der Waals surface area contributed by atoms with Crippen molar-refractivity contribution >= 4 is 5.95 Å². The first-order valence-corrected chi connectivity index (χ1v) is 7.16. The molecule has 1 N–H and O–H groups in total. The Bertz CT molecular complexity index is 649. The predicted octanol–water partition coefficient (Wildman–Crippen LogP) is 1.99. The minimum Gasteiger partial charge on any atom is -0.387 e. The Kier molecular flexibility index (Phi) is 5.57. The van der Waals surface area contributed by atoms with Crippen LogP contribution < -0.4 is 4.90 Å². The van der Waals surface area contributed by atoms with Gasteiger partial charge in [0.25, 0.3) is 0 Å². The van der Waals surface area contributed by atoms with Gasteiger partial charge in [-0.15, -0.1) is 0 Å². The average molecular weight is 322 g/mol. The lowest BCUT2D eigenvalue weighted by molar-refractivity contribution is 0.120. The number of aliphatic hydroxyl groups excluding tert-OH is 1. The Balaban J connectivity index is 1.97. The molecule has 7 heteroatoms. The maximum absolute atomic E-state index is 13.7. The number of aromatic nitrogens is 2. The summed E-state index contributed by atoms with van der Waals surface area (Å²) in [6.45, 7) is 0.714. The molecule has 2 rings (SSSR count). The van der Waals surface area contributed by atoms with E-state index in [1.54, 1.807) is 24.3 Å². The third kappa shape index (κ3) is 4.67. The van der Waals surface area contributed by atoms with Gasteiger partial charge in [0.05, 0.1) is 6.10 Å². The fraction of sp³-hybridized carbons (Fsp3) is 0.375. The molecule has 0 spiro atoms. The average Bonchev–Trinajstić information content (AvgIpc) is 2.47. The lowest BCUT2D eigenvalue weighted by Gasteiger charge is -2.21. The maximum Gasteiger partial charge on any atom is 0.224 e. The number of anilines is 1. The van der Waals surface area contributed by atoms with Crippen molar-refractivity contribution in [1.82, 2.24) is 14.9 Å². The molecular weight excluding hydrogens is 302 g/mol. The third-order valence-corrected chi connectivity index (χ3v) is 3.35. The highest BCUT2D eigenvalue weighted by Crippen LogP contribution is 2.19. The van der Waals surface area contributed by atoms with Crippen molar-refractivity contribution in [3.63, 3.8) is 0 Å². The van der Waals surface area contributed by atoms with Crippen LogP contribution in [0.2, 0.25) is 0 Å². The van der Waals surface area contributed by atoms with Crippen LogP contribution in [0.5, 0.6) is 0 Å². The number of benzene rings is 1. The van der Waals surface area contributed by atoms with E-state index >= 15 is 0 Å². The van der Waals surface area contributed by atoms with Gasteiger partial charge >= 0.3 is 0 Å². The molecule has 23 heavy (non-hydrogen) atoms. The van der Waals surface area contributed by atoms with Gasteiger partial charge in [-0.05, 0) is 13.1 Å². The second kappa shape index (κ2) is 7.43. The van der Waals surface area contributed by atoms with Crippen LogP contribution in [-0.2, 0) is 6.54 Å². The molecule has 0 amide bonds. The summed E-state index contributed by atoms with van der Waals surface area (Å²) < 4.78 is 26.6. The van der Waals surface area contributed by atoms with E-state index in [4.69, 9.17) is 0 Å². The van der Waals surface area contributed by atoms with E-state index in [-0.39, 0.29) is 12.1 Å². The first kappa shape index (κ1) is 17.2. The molecule has 0 aliphatic rings. The van der Waals surface area contributed by atoms with Crippen molar-refractivity contribution in [2.75, 3.05) is 32.6 Å². The van der Waals surface area contributed by atoms with Crippen LogP contribution in [0.4, 0.5) is 14.7 Å². The molecule has 0 fully saturated rings. The zero-order chi connectivity index (χ0) is 17.0. The number of likely N-dealkylation sites (N-methyl/N-ethyl adjacent to an activating group) is 1. The van der Waals surface area contributed by atoms with Crippen LogP contribution >= 0.6 is 0 Å². The Morgan fingerprint density at radius 2 is 1.78 bits per heavy atom. The molecule has 0 bridgehead atoms. The molecule has 0 aliphatic carbocycles. The van der Waals surface area contributed by atoms with E-state index in [1.807, 2.05) is 19.0 Å². The monoisotopic (exact) mass is 322 g/mol. The van der Waals surface area contributed by atoms with Crippen molar-refractivity contribution < 1.29 is 13.9 Å². The number of nitrogens with zero attached hydrogens (tertiary/aromatic N) is 4. The van der Waals surface area contributed by atoms with Gasteiger partial charge in [-0.2, -0.15) is 0 Å². The SMILES string of the molecule is CN(Cc1cnc(N(C)C)nc1)CC(O)c1ccc(F)cc1F. The van der Waals surface area contributed by atoms with Gasteiger partial charge in [-0.1, -0.05) is 6.07 Å². The third-order valence-electron chi connectivity index (χ3n) is 3.35. The van der Waals surface area contributed by atoms with Crippen molar-refractivity contribution in [3.05, 3.63) is 53.4 Å². The summed E-state index contributed by atoms with van der Waals surface area (Å²) in [5.41, 5.74) is 0.960. The summed E-state index contributed by atoms with van der Waals surface area (Å²) in [7, 11) is 5.51. The zero-order valence-electron chi connectivity index (χ0n) is 13.4. The molecule has 5 nitrogen and oxygen atoms in total. The van der Waals surface area contributed by atoms with Crippen LogP contribution in [0.25, 0.3) is 0 Å².